The summed E-state index contributed by atoms with van der Waals surface area (Å²) in [5, 5.41) is 0. The van der Waals surface area contributed by atoms with Crippen molar-refractivity contribution in [3.63, 3.8) is 0 Å². The highest BCUT2D eigenvalue weighted by Gasteiger charge is 2.11. The lowest BCUT2D eigenvalue weighted by molar-refractivity contribution is 0.305. The van der Waals surface area contributed by atoms with Crippen LogP contribution in [0.5, 0.6) is 5.75 Å². The van der Waals surface area contributed by atoms with Crippen LogP contribution in [0.3, 0.4) is 0 Å². The molecule has 0 N–H and O–H groups in total. The van der Waals surface area contributed by atoms with Crippen molar-refractivity contribution in [2.75, 3.05) is 0 Å². The van der Waals surface area contributed by atoms with E-state index in [9.17, 15) is 9.18 Å². The van der Waals surface area contributed by atoms with Crippen LogP contribution < -0.4 is 14.8 Å². The van der Waals surface area contributed by atoms with E-state index in [1.807, 2.05) is 48.5 Å². The molecule has 7 heteroatoms. The Morgan fingerprint density at radius 2 is 1.90 bits per heavy atom. The van der Waals surface area contributed by atoms with Gasteiger partial charge in [0.05, 0.1) is 15.6 Å². The molecule has 3 aromatic carbocycles. The van der Waals surface area contributed by atoms with E-state index in [-0.39, 0.29) is 11.4 Å². The van der Waals surface area contributed by atoms with Gasteiger partial charge < -0.3 is 4.74 Å². The fraction of sp³-hybridized carbons (Fsp3) is 0.0435. The molecule has 0 bridgehead atoms. The number of hydrogen-bond donors (Lipinski definition) is 0. The minimum atomic E-state index is -0.283. The first-order chi connectivity index (χ1) is 14.6. The number of para-hydroxylation sites is 2. The number of rotatable bonds is 4. The molecular formula is C23H14BrFN2O2S. The maximum absolute atomic E-state index is 13.1. The highest BCUT2D eigenvalue weighted by atomic mass is 79.9. The Labute approximate surface area is 183 Å². The van der Waals surface area contributed by atoms with Gasteiger partial charge in [-0.1, -0.05) is 51.5 Å². The van der Waals surface area contributed by atoms with Crippen LogP contribution in [-0.4, -0.2) is 9.38 Å². The molecule has 30 heavy (non-hydrogen) atoms. The normalized spacial score (nSPS) is 12.1. The highest BCUT2D eigenvalue weighted by Crippen LogP contribution is 2.25. The molecule has 148 valence electrons. The van der Waals surface area contributed by atoms with Crippen LogP contribution >= 0.6 is 27.3 Å². The Kier molecular flexibility index (Phi) is 4.84. The molecule has 5 rings (SSSR count). The van der Waals surface area contributed by atoms with E-state index >= 15 is 0 Å². The highest BCUT2D eigenvalue weighted by molar-refractivity contribution is 9.10. The number of thiazole rings is 1. The first-order valence-corrected chi connectivity index (χ1v) is 10.8. The van der Waals surface area contributed by atoms with Crippen LogP contribution in [-0.2, 0) is 6.61 Å². The van der Waals surface area contributed by atoms with Gasteiger partial charge in [0.1, 0.15) is 18.2 Å². The van der Waals surface area contributed by atoms with Crippen molar-refractivity contribution >= 4 is 49.3 Å². The zero-order valence-electron chi connectivity index (χ0n) is 15.5. The average Bonchev–Trinajstić information content (AvgIpc) is 3.25. The Balaban J connectivity index is 1.56. The topological polar surface area (TPSA) is 43.6 Å². The monoisotopic (exact) mass is 480 g/mol. The summed E-state index contributed by atoms with van der Waals surface area (Å²) in [6.07, 6.45) is 1.82. The number of nitrogens with zero attached hydrogens (tertiary/aromatic N) is 2. The first kappa shape index (κ1) is 19.0. The Morgan fingerprint density at radius 1 is 1.10 bits per heavy atom. The minimum Gasteiger partial charge on any atom is -0.488 e. The van der Waals surface area contributed by atoms with E-state index in [4.69, 9.17) is 4.74 Å². The first-order valence-electron chi connectivity index (χ1n) is 9.17. The summed E-state index contributed by atoms with van der Waals surface area (Å²) >= 11 is 4.83. The third kappa shape index (κ3) is 3.51. The molecule has 0 amide bonds. The second kappa shape index (κ2) is 7.66. The third-order valence-electron chi connectivity index (χ3n) is 4.71. The molecular weight excluding hydrogens is 467 g/mol. The largest absolute Gasteiger partial charge is 0.488 e. The fourth-order valence-corrected chi connectivity index (χ4v) is 4.62. The zero-order valence-corrected chi connectivity index (χ0v) is 17.9. The lowest BCUT2D eigenvalue weighted by Gasteiger charge is -2.10. The molecule has 0 atom stereocenters. The van der Waals surface area contributed by atoms with E-state index in [1.54, 1.807) is 16.5 Å². The third-order valence-corrected chi connectivity index (χ3v) is 6.17. The molecule has 2 aromatic heterocycles. The van der Waals surface area contributed by atoms with E-state index in [1.165, 1.54) is 23.5 Å². The Hall–Kier alpha value is -3.03. The number of aromatic nitrogens is 2. The summed E-state index contributed by atoms with van der Waals surface area (Å²) in [6, 6.07) is 19.4. The van der Waals surface area contributed by atoms with Gasteiger partial charge in [-0.2, -0.15) is 0 Å². The number of hydrogen-bond acceptors (Lipinski definition) is 4. The summed E-state index contributed by atoms with van der Waals surface area (Å²) in [7, 11) is 0. The Morgan fingerprint density at radius 3 is 2.73 bits per heavy atom. The van der Waals surface area contributed by atoms with Crippen molar-refractivity contribution in [1.29, 1.82) is 0 Å². The summed E-state index contributed by atoms with van der Waals surface area (Å²) in [5.41, 5.74) is 3.13. The maximum Gasteiger partial charge on any atom is 0.274 e. The van der Waals surface area contributed by atoms with Crippen molar-refractivity contribution in [3.05, 3.63) is 103 Å². The van der Waals surface area contributed by atoms with Crippen molar-refractivity contribution < 1.29 is 9.13 Å². The molecule has 2 heterocycles. The van der Waals surface area contributed by atoms with Crippen molar-refractivity contribution in [1.82, 2.24) is 9.38 Å². The standard InChI is InChI=1S/C23H14BrFN2O2S/c24-16-7-10-20(29-13-14-5-8-17(25)9-6-14)15(11-16)12-21-22(28)27-19-4-2-1-3-18(19)26-23(27)30-21/h1-12H,13H2/b21-12-. The maximum atomic E-state index is 13.1. The number of ether oxygens (including phenoxy) is 1. The summed E-state index contributed by atoms with van der Waals surface area (Å²) < 4.78 is 22.2. The van der Waals surface area contributed by atoms with Crippen LogP contribution in [0.2, 0.25) is 0 Å². The lowest BCUT2D eigenvalue weighted by Crippen LogP contribution is -2.22. The molecule has 0 aliphatic rings. The predicted octanol–water partition coefficient (Wildman–Crippen LogP) is 4.94. The van der Waals surface area contributed by atoms with Crippen LogP contribution in [0.4, 0.5) is 4.39 Å². The quantitative estimate of drug-likeness (QED) is 0.366. The lowest BCUT2D eigenvalue weighted by atomic mass is 10.2. The van der Waals surface area contributed by atoms with E-state index < -0.39 is 0 Å². The van der Waals surface area contributed by atoms with Gasteiger partial charge in [0.2, 0.25) is 0 Å². The minimum absolute atomic E-state index is 0.104. The fourth-order valence-electron chi connectivity index (χ4n) is 3.26. The molecule has 4 nitrogen and oxygen atoms in total. The SMILES string of the molecule is O=c1/c(=C/c2cc(Br)ccc2OCc2ccc(F)cc2)sc2nc3ccccc3n12. The molecule has 0 fully saturated rings. The van der Waals surface area contributed by atoms with Gasteiger partial charge >= 0.3 is 0 Å². The smallest absolute Gasteiger partial charge is 0.274 e. The van der Waals surface area contributed by atoms with Crippen molar-refractivity contribution in [3.8, 4) is 5.75 Å². The molecule has 0 radical (unpaired) electrons. The van der Waals surface area contributed by atoms with Gasteiger partial charge in [-0.25, -0.2) is 13.8 Å². The number of benzene rings is 3. The molecule has 5 aromatic rings. The van der Waals surface area contributed by atoms with Gasteiger partial charge in [0.15, 0.2) is 4.96 Å². The predicted molar refractivity (Wildman–Crippen MR) is 121 cm³/mol. The number of halogens is 2. The molecule has 0 saturated carbocycles. The second-order valence-corrected chi connectivity index (χ2v) is 8.66. The van der Waals surface area contributed by atoms with Crippen LogP contribution in [0.1, 0.15) is 11.1 Å². The molecule has 0 aliphatic heterocycles. The van der Waals surface area contributed by atoms with Gasteiger partial charge in [-0.05, 0) is 54.1 Å². The Bertz CT molecular complexity index is 1490. The second-order valence-electron chi connectivity index (χ2n) is 6.73. The average molecular weight is 481 g/mol. The van der Waals surface area contributed by atoms with Gasteiger partial charge in [-0.3, -0.25) is 4.79 Å². The zero-order chi connectivity index (χ0) is 20.7. The number of imidazole rings is 1. The summed E-state index contributed by atoms with van der Waals surface area (Å²) in [4.78, 5) is 18.2. The number of fused-ring (bicyclic) bond motifs is 3. The molecule has 0 unspecified atom stereocenters. The van der Waals surface area contributed by atoms with E-state index in [2.05, 4.69) is 20.9 Å². The van der Waals surface area contributed by atoms with Crippen molar-refractivity contribution in [2.45, 2.75) is 6.61 Å². The van der Waals surface area contributed by atoms with Crippen LogP contribution in [0.15, 0.2) is 76.0 Å². The van der Waals surface area contributed by atoms with Crippen LogP contribution in [0.25, 0.3) is 22.1 Å². The van der Waals surface area contributed by atoms with Crippen molar-refractivity contribution in [2.24, 2.45) is 0 Å². The summed E-state index contributed by atoms with van der Waals surface area (Å²) in [5.74, 6) is 0.354. The molecule has 0 spiro atoms. The van der Waals surface area contributed by atoms with E-state index in [0.717, 1.165) is 26.6 Å². The van der Waals surface area contributed by atoms with Gasteiger partial charge in [0, 0.05) is 10.0 Å². The van der Waals surface area contributed by atoms with Crippen LogP contribution in [0, 0.1) is 5.82 Å². The van der Waals surface area contributed by atoms with Gasteiger partial charge in [-0.15, -0.1) is 0 Å². The molecule has 0 saturated heterocycles. The summed E-state index contributed by atoms with van der Waals surface area (Å²) in [6.45, 7) is 0.297. The van der Waals surface area contributed by atoms with E-state index in [0.29, 0.717) is 21.8 Å². The molecule has 0 aliphatic carbocycles. The van der Waals surface area contributed by atoms with Gasteiger partial charge in [0.25, 0.3) is 5.56 Å².